The summed E-state index contributed by atoms with van der Waals surface area (Å²) in [6, 6.07) is 75.9. The van der Waals surface area contributed by atoms with Crippen LogP contribution < -0.4 is 4.90 Å². The van der Waals surface area contributed by atoms with E-state index in [1.165, 1.54) is 44.2 Å². The van der Waals surface area contributed by atoms with Crippen LogP contribution in [0, 0.1) is 0 Å². The number of hydrogen-bond donors (Lipinski definition) is 0. The number of para-hydroxylation sites is 1. The molecule has 0 aliphatic rings. The molecule has 1 aromatic heterocycles. The summed E-state index contributed by atoms with van der Waals surface area (Å²) in [7, 11) is 0. The molecule has 0 bridgehead atoms. The van der Waals surface area contributed by atoms with Crippen molar-refractivity contribution >= 4 is 49.8 Å². The van der Waals surface area contributed by atoms with E-state index in [-0.39, 0.29) is 0 Å². The van der Waals surface area contributed by atoms with Crippen molar-refractivity contribution in [1.29, 1.82) is 0 Å². The highest BCUT2D eigenvalue weighted by molar-refractivity contribution is 6.06. The summed E-state index contributed by atoms with van der Waals surface area (Å²) in [5.41, 5.74) is 14.6. The molecule has 0 fully saturated rings. The quantitative estimate of drug-likeness (QED) is 0.166. The summed E-state index contributed by atoms with van der Waals surface area (Å²) in [5.74, 6) is 0. The Morgan fingerprint density at radius 2 is 0.704 bits per heavy atom. The van der Waals surface area contributed by atoms with Crippen molar-refractivity contribution in [2.45, 2.75) is 0 Å². The highest BCUT2D eigenvalue weighted by Gasteiger charge is 2.15. The van der Waals surface area contributed by atoms with E-state index in [2.05, 4.69) is 205 Å². The first-order valence-electron chi connectivity index (χ1n) is 18.4. The van der Waals surface area contributed by atoms with Gasteiger partial charge in [0.1, 0.15) is 11.2 Å². The van der Waals surface area contributed by atoms with Gasteiger partial charge in [-0.2, -0.15) is 0 Å². The smallest absolute Gasteiger partial charge is 0.136 e. The molecule has 0 aliphatic heterocycles. The Morgan fingerprint density at radius 3 is 1.39 bits per heavy atom. The van der Waals surface area contributed by atoms with Gasteiger partial charge < -0.3 is 9.32 Å². The number of nitrogens with zero attached hydrogens (tertiary/aromatic N) is 1. The fraction of sp³-hybridized carbons (Fsp3) is 0. The average molecular weight is 690 g/mol. The van der Waals surface area contributed by atoms with Gasteiger partial charge in [-0.05, 0) is 122 Å². The summed E-state index contributed by atoms with van der Waals surface area (Å²) in [6.07, 6.45) is 0. The van der Waals surface area contributed by atoms with Crippen molar-refractivity contribution in [3.63, 3.8) is 0 Å². The van der Waals surface area contributed by atoms with Crippen molar-refractivity contribution < 1.29 is 4.42 Å². The average Bonchev–Trinajstić information content (AvgIpc) is 3.63. The third-order valence-corrected chi connectivity index (χ3v) is 10.5. The molecule has 0 radical (unpaired) electrons. The minimum atomic E-state index is 0.904. The zero-order valence-corrected chi connectivity index (χ0v) is 29.6. The largest absolute Gasteiger partial charge is 0.456 e. The van der Waals surface area contributed by atoms with E-state index in [4.69, 9.17) is 4.42 Å². The molecule has 0 amide bonds. The Labute approximate surface area is 314 Å². The predicted molar refractivity (Wildman–Crippen MR) is 228 cm³/mol. The van der Waals surface area contributed by atoms with E-state index in [0.29, 0.717) is 0 Å². The third kappa shape index (κ3) is 5.90. The van der Waals surface area contributed by atoms with Gasteiger partial charge in [-0.15, -0.1) is 0 Å². The second kappa shape index (κ2) is 13.4. The second-order valence-corrected chi connectivity index (χ2v) is 13.8. The van der Waals surface area contributed by atoms with Crippen LogP contribution in [0.2, 0.25) is 0 Å². The molecule has 0 atom stereocenters. The Kier molecular flexibility index (Phi) is 7.85. The lowest BCUT2D eigenvalue weighted by molar-refractivity contribution is 0.669. The summed E-state index contributed by atoms with van der Waals surface area (Å²) in [5, 5.41) is 4.79. The first-order chi connectivity index (χ1) is 26.7. The molecule has 0 saturated heterocycles. The number of anilines is 3. The van der Waals surface area contributed by atoms with Crippen LogP contribution in [0.15, 0.2) is 217 Å². The number of rotatable bonds is 7. The molecule has 10 aromatic rings. The van der Waals surface area contributed by atoms with Gasteiger partial charge in [-0.25, -0.2) is 0 Å². The third-order valence-electron chi connectivity index (χ3n) is 10.5. The zero-order chi connectivity index (χ0) is 35.8. The molecule has 0 N–H and O–H groups in total. The van der Waals surface area contributed by atoms with Crippen molar-refractivity contribution in [2.75, 3.05) is 4.90 Å². The molecular weight excluding hydrogens is 655 g/mol. The number of benzene rings is 9. The molecular formula is C52H35NO. The monoisotopic (exact) mass is 689 g/mol. The number of furan rings is 1. The van der Waals surface area contributed by atoms with E-state index in [9.17, 15) is 0 Å². The summed E-state index contributed by atoms with van der Waals surface area (Å²) in [6.45, 7) is 0. The molecule has 9 aromatic carbocycles. The van der Waals surface area contributed by atoms with Crippen molar-refractivity contribution in [3.8, 4) is 44.5 Å². The molecule has 1 heterocycles. The van der Waals surface area contributed by atoms with E-state index in [1.807, 2.05) is 12.1 Å². The van der Waals surface area contributed by atoms with Crippen LogP contribution >= 0.6 is 0 Å². The highest BCUT2D eigenvalue weighted by Crippen LogP contribution is 2.39. The summed E-state index contributed by atoms with van der Waals surface area (Å²) < 4.78 is 6.21. The van der Waals surface area contributed by atoms with E-state index in [0.717, 1.165) is 50.1 Å². The van der Waals surface area contributed by atoms with Crippen molar-refractivity contribution in [2.24, 2.45) is 0 Å². The first kappa shape index (κ1) is 31.6. The molecule has 0 saturated carbocycles. The van der Waals surface area contributed by atoms with Gasteiger partial charge in [0, 0.05) is 27.8 Å². The predicted octanol–water partition coefficient (Wildman–Crippen LogP) is 14.9. The van der Waals surface area contributed by atoms with Crippen LogP contribution in [0.4, 0.5) is 17.1 Å². The van der Waals surface area contributed by atoms with Crippen molar-refractivity contribution in [1.82, 2.24) is 0 Å². The standard InChI is InChI=1S/C52H35NO/c1-2-9-36(10-3-1)38-19-26-46(27-20-38)53(48-30-23-40(24-31-48)45-25-32-50-49-15-6-7-16-51(49)54-52(50)35-45)47-28-21-39(22-29-47)42-13-8-14-43(33-42)44-18-17-37-11-4-5-12-41(37)34-44/h1-35H. The molecule has 0 unspecified atom stereocenters. The lowest BCUT2D eigenvalue weighted by Crippen LogP contribution is -2.09. The SMILES string of the molecule is c1ccc(-c2ccc(N(c3ccc(-c4cccc(-c5ccc6ccccc6c5)c4)cc3)c3ccc(-c4ccc5c(c4)oc4ccccc45)cc3)cc2)cc1. The number of hydrogen-bond acceptors (Lipinski definition) is 2. The van der Waals surface area contributed by atoms with Gasteiger partial charge in [0.25, 0.3) is 0 Å². The Morgan fingerprint density at radius 1 is 0.259 bits per heavy atom. The Bertz CT molecular complexity index is 2900. The summed E-state index contributed by atoms with van der Waals surface area (Å²) in [4.78, 5) is 2.33. The maximum Gasteiger partial charge on any atom is 0.136 e. The first-order valence-corrected chi connectivity index (χ1v) is 18.4. The van der Waals surface area contributed by atoms with Crippen LogP contribution in [0.1, 0.15) is 0 Å². The van der Waals surface area contributed by atoms with Crippen LogP contribution in [0.3, 0.4) is 0 Å². The zero-order valence-electron chi connectivity index (χ0n) is 29.6. The van der Waals surface area contributed by atoms with Gasteiger partial charge >= 0.3 is 0 Å². The van der Waals surface area contributed by atoms with Crippen LogP contribution in [-0.2, 0) is 0 Å². The van der Waals surface area contributed by atoms with E-state index in [1.54, 1.807) is 0 Å². The fourth-order valence-electron chi connectivity index (χ4n) is 7.64. The lowest BCUT2D eigenvalue weighted by atomic mass is 9.97. The molecule has 10 rings (SSSR count). The molecule has 2 nitrogen and oxygen atoms in total. The topological polar surface area (TPSA) is 16.4 Å². The van der Waals surface area contributed by atoms with Crippen molar-refractivity contribution in [3.05, 3.63) is 212 Å². The fourth-order valence-corrected chi connectivity index (χ4v) is 7.64. The van der Waals surface area contributed by atoms with Gasteiger partial charge in [-0.3, -0.25) is 0 Å². The van der Waals surface area contributed by atoms with Crippen LogP contribution in [-0.4, -0.2) is 0 Å². The molecule has 0 spiro atoms. The van der Waals surface area contributed by atoms with Gasteiger partial charge in [0.05, 0.1) is 0 Å². The molecule has 0 aliphatic carbocycles. The normalized spacial score (nSPS) is 11.3. The molecule has 54 heavy (non-hydrogen) atoms. The van der Waals surface area contributed by atoms with E-state index < -0.39 is 0 Å². The number of fused-ring (bicyclic) bond motifs is 4. The Balaban J connectivity index is 0.993. The molecule has 2 heteroatoms. The van der Waals surface area contributed by atoms with Crippen LogP contribution in [0.25, 0.3) is 77.2 Å². The van der Waals surface area contributed by atoms with Gasteiger partial charge in [0.2, 0.25) is 0 Å². The van der Waals surface area contributed by atoms with Gasteiger partial charge in [-0.1, -0.05) is 146 Å². The maximum absolute atomic E-state index is 6.21. The maximum atomic E-state index is 6.21. The lowest BCUT2D eigenvalue weighted by Gasteiger charge is -2.26. The van der Waals surface area contributed by atoms with Gasteiger partial charge in [0.15, 0.2) is 0 Å². The summed E-state index contributed by atoms with van der Waals surface area (Å²) >= 11 is 0. The van der Waals surface area contributed by atoms with Crippen LogP contribution in [0.5, 0.6) is 0 Å². The highest BCUT2D eigenvalue weighted by atomic mass is 16.3. The Hall–Kier alpha value is -7.16. The minimum absolute atomic E-state index is 0.904. The minimum Gasteiger partial charge on any atom is -0.456 e. The second-order valence-electron chi connectivity index (χ2n) is 13.8. The molecule has 254 valence electrons. The van der Waals surface area contributed by atoms with E-state index >= 15 is 0 Å².